The Morgan fingerprint density at radius 2 is 1.95 bits per heavy atom. The summed E-state index contributed by atoms with van der Waals surface area (Å²) in [6.45, 7) is 15.0. The van der Waals surface area contributed by atoms with Gasteiger partial charge in [0.15, 0.2) is 0 Å². The average molecular weight is 269 g/mol. The van der Waals surface area contributed by atoms with E-state index in [9.17, 15) is 0 Å². The van der Waals surface area contributed by atoms with Crippen molar-refractivity contribution in [2.75, 3.05) is 0 Å². The number of hydrogen-bond donors (Lipinski definition) is 0. The molecule has 0 heteroatoms. The predicted octanol–water partition coefficient (Wildman–Crippen LogP) is 6.35. The number of rotatable bonds is 5. The quantitative estimate of drug-likeness (QED) is 0.403. The van der Waals surface area contributed by atoms with Crippen molar-refractivity contribution < 1.29 is 0 Å². The molecule has 0 nitrogen and oxygen atoms in total. The third-order valence-corrected chi connectivity index (χ3v) is 4.10. The van der Waals surface area contributed by atoms with E-state index in [-0.39, 0.29) is 0 Å². The molecule has 0 aliphatic heterocycles. The smallest absolute Gasteiger partial charge is 0.0637 e. The third kappa shape index (κ3) is 4.92. The Bertz CT molecular complexity index is 464. The van der Waals surface area contributed by atoms with Crippen LogP contribution in [0.1, 0.15) is 53.9 Å². The van der Waals surface area contributed by atoms with Crippen LogP contribution < -0.4 is 0 Å². The monoisotopic (exact) mass is 269 g/mol. The summed E-state index contributed by atoms with van der Waals surface area (Å²) in [5, 5.41) is 0. The van der Waals surface area contributed by atoms with Gasteiger partial charge in [-0.15, -0.1) is 0 Å². The van der Waals surface area contributed by atoms with Crippen molar-refractivity contribution in [1.82, 2.24) is 0 Å². The zero-order valence-corrected chi connectivity index (χ0v) is 13.8. The van der Waals surface area contributed by atoms with Crippen LogP contribution in [-0.2, 0) is 0 Å². The molecule has 0 unspecified atom stereocenters. The van der Waals surface area contributed by atoms with Gasteiger partial charge in [-0.25, -0.2) is 0 Å². The lowest BCUT2D eigenvalue weighted by molar-refractivity contribution is 0.373. The molecule has 0 aromatic heterocycles. The molecule has 1 aliphatic rings. The van der Waals surface area contributed by atoms with Crippen molar-refractivity contribution in [3.63, 3.8) is 0 Å². The van der Waals surface area contributed by atoms with E-state index in [0.29, 0.717) is 5.41 Å². The molecule has 0 heterocycles. The summed E-state index contributed by atoms with van der Waals surface area (Å²) in [6.07, 6.45) is 16.6. The van der Waals surface area contributed by atoms with E-state index in [1.54, 1.807) is 5.57 Å². The highest BCUT2D eigenvalue weighted by Crippen LogP contribution is 2.41. The molecular formula is C20H29+. The average Bonchev–Trinajstić information content (AvgIpc) is 2.37. The molecule has 1 rings (SSSR count). The Morgan fingerprint density at radius 1 is 1.25 bits per heavy atom. The largest absolute Gasteiger partial charge is 0.0988 e. The summed E-state index contributed by atoms with van der Waals surface area (Å²) in [5.41, 5.74) is 5.86. The van der Waals surface area contributed by atoms with Gasteiger partial charge in [0.1, 0.15) is 0 Å². The summed E-state index contributed by atoms with van der Waals surface area (Å²) < 4.78 is 0. The highest BCUT2D eigenvalue weighted by atomic mass is 14.3. The molecule has 1 aliphatic carbocycles. The van der Waals surface area contributed by atoms with Gasteiger partial charge in [0.25, 0.3) is 0 Å². The van der Waals surface area contributed by atoms with Crippen molar-refractivity contribution >= 4 is 0 Å². The molecule has 20 heavy (non-hydrogen) atoms. The van der Waals surface area contributed by atoms with E-state index in [1.165, 1.54) is 36.0 Å². The minimum absolute atomic E-state index is 0.322. The number of hydrogen-bond acceptors (Lipinski definition) is 0. The first-order chi connectivity index (χ1) is 9.36. The maximum absolute atomic E-state index is 3.75. The Kier molecular flexibility index (Phi) is 6.13. The standard InChI is InChI=1S/C20H29/c1-7-16(2)10-8-11-17(3)13-14-19-18(4)12-9-15-20(19,5)6/h7-8,10-11,13-14H,1,9,12,15H2,2-6H3/q+1/b11-8+,16-10+,17-13+. The Morgan fingerprint density at radius 3 is 2.55 bits per heavy atom. The number of allylic oxidation sites excluding steroid dienone is 9. The zero-order chi connectivity index (χ0) is 15.2. The Balaban J connectivity index is 2.74. The molecule has 0 spiro atoms. The lowest BCUT2D eigenvalue weighted by Crippen LogP contribution is -2.20. The summed E-state index contributed by atoms with van der Waals surface area (Å²) in [7, 11) is 0. The second-order valence-corrected chi connectivity index (χ2v) is 6.48. The molecular weight excluding hydrogens is 240 g/mol. The van der Waals surface area contributed by atoms with Crippen LogP contribution in [0.2, 0.25) is 0 Å². The maximum atomic E-state index is 3.75. The van der Waals surface area contributed by atoms with Crippen LogP contribution in [0.3, 0.4) is 0 Å². The molecule has 0 bridgehead atoms. The normalized spacial score (nSPS) is 20.4. The molecule has 0 atom stereocenters. The minimum Gasteiger partial charge on any atom is -0.0988 e. The predicted molar refractivity (Wildman–Crippen MR) is 91.5 cm³/mol. The first-order valence-electron chi connectivity index (χ1n) is 7.56. The summed E-state index contributed by atoms with van der Waals surface area (Å²) >= 11 is 0. The van der Waals surface area contributed by atoms with Crippen molar-refractivity contribution in [3.8, 4) is 0 Å². The van der Waals surface area contributed by atoms with Gasteiger partial charge in [-0.05, 0) is 31.9 Å². The summed E-state index contributed by atoms with van der Waals surface area (Å²) in [4.78, 5) is 0. The summed E-state index contributed by atoms with van der Waals surface area (Å²) in [6, 6.07) is 0. The van der Waals surface area contributed by atoms with Gasteiger partial charge < -0.3 is 0 Å². The Labute approximate surface area is 125 Å². The van der Waals surface area contributed by atoms with Crippen LogP contribution in [0, 0.1) is 11.8 Å². The fraction of sp³-hybridized carbons (Fsp3) is 0.450. The Hall–Kier alpha value is -1.43. The van der Waals surface area contributed by atoms with E-state index in [1.807, 2.05) is 6.08 Å². The van der Waals surface area contributed by atoms with E-state index < -0.39 is 0 Å². The molecule has 0 aromatic rings. The van der Waals surface area contributed by atoms with Gasteiger partial charge in [-0.3, -0.25) is 0 Å². The first-order valence-corrected chi connectivity index (χ1v) is 7.56. The summed E-state index contributed by atoms with van der Waals surface area (Å²) in [5.74, 6) is 0. The van der Waals surface area contributed by atoms with Gasteiger partial charge in [0.2, 0.25) is 0 Å². The minimum atomic E-state index is 0.322. The fourth-order valence-electron chi connectivity index (χ4n) is 2.70. The molecule has 0 N–H and O–H groups in total. The molecule has 0 saturated heterocycles. The van der Waals surface area contributed by atoms with Crippen molar-refractivity contribution in [1.29, 1.82) is 0 Å². The second kappa shape index (κ2) is 7.38. The van der Waals surface area contributed by atoms with Gasteiger partial charge in [-0.1, -0.05) is 38.2 Å². The lowest BCUT2D eigenvalue weighted by Gasteiger charge is -2.29. The van der Waals surface area contributed by atoms with Crippen molar-refractivity contribution in [2.24, 2.45) is 5.41 Å². The molecule has 0 aromatic carbocycles. The molecule has 0 amide bonds. The van der Waals surface area contributed by atoms with E-state index in [0.717, 1.165) is 0 Å². The topological polar surface area (TPSA) is 0 Å². The van der Waals surface area contributed by atoms with E-state index in [2.05, 4.69) is 71.9 Å². The SMILES string of the molecule is C=C/C(C)=C/C=C/C(C)=C/[CH+]C1=C(C)CCCC1(C)C. The fourth-order valence-corrected chi connectivity index (χ4v) is 2.70. The van der Waals surface area contributed by atoms with Crippen LogP contribution in [0.25, 0.3) is 0 Å². The lowest BCUT2D eigenvalue weighted by atomic mass is 9.71. The van der Waals surface area contributed by atoms with Crippen LogP contribution in [0.4, 0.5) is 0 Å². The van der Waals surface area contributed by atoms with E-state index in [4.69, 9.17) is 0 Å². The van der Waals surface area contributed by atoms with E-state index >= 15 is 0 Å². The molecule has 0 radical (unpaired) electrons. The maximum Gasteiger partial charge on any atom is 0.0637 e. The molecule has 0 fully saturated rings. The molecule has 0 saturated carbocycles. The van der Waals surface area contributed by atoms with Crippen molar-refractivity contribution in [3.05, 3.63) is 65.7 Å². The van der Waals surface area contributed by atoms with Gasteiger partial charge in [0, 0.05) is 49.3 Å². The molecule has 108 valence electrons. The van der Waals surface area contributed by atoms with Gasteiger partial charge in [-0.2, -0.15) is 0 Å². The second-order valence-electron chi connectivity index (χ2n) is 6.48. The van der Waals surface area contributed by atoms with Gasteiger partial charge >= 0.3 is 0 Å². The van der Waals surface area contributed by atoms with Crippen LogP contribution >= 0.6 is 0 Å². The van der Waals surface area contributed by atoms with Crippen LogP contribution in [-0.4, -0.2) is 0 Å². The highest BCUT2D eigenvalue weighted by molar-refractivity contribution is 5.37. The third-order valence-electron chi connectivity index (χ3n) is 4.10. The van der Waals surface area contributed by atoms with Crippen LogP contribution in [0.5, 0.6) is 0 Å². The van der Waals surface area contributed by atoms with Gasteiger partial charge in [0.05, 0.1) is 5.57 Å². The van der Waals surface area contributed by atoms with Crippen LogP contribution in [0.15, 0.2) is 59.3 Å². The zero-order valence-electron chi connectivity index (χ0n) is 13.8. The van der Waals surface area contributed by atoms with Crippen molar-refractivity contribution in [2.45, 2.75) is 53.9 Å². The highest BCUT2D eigenvalue weighted by Gasteiger charge is 2.32. The first kappa shape index (κ1) is 16.6.